The normalized spacial score (nSPS) is 11.3. The molecular weight excluding hydrogens is 347 g/mol. The number of ether oxygens (including phenoxy) is 1. The molecule has 0 saturated carbocycles. The van der Waals surface area contributed by atoms with E-state index in [9.17, 15) is 9.18 Å². The van der Waals surface area contributed by atoms with Crippen LogP contribution in [0.15, 0.2) is 73.2 Å². The van der Waals surface area contributed by atoms with Crippen molar-refractivity contribution in [3.8, 4) is 17.0 Å². The van der Waals surface area contributed by atoms with E-state index in [1.807, 2.05) is 31.2 Å². The van der Waals surface area contributed by atoms with Crippen LogP contribution in [0.3, 0.4) is 0 Å². The van der Waals surface area contributed by atoms with E-state index in [-0.39, 0.29) is 12.1 Å². The van der Waals surface area contributed by atoms with E-state index >= 15 is 0 Å². The van der Waals surface area contributed by atoms with Crippen LogP contribution in [0.4, 0.5) is 4.39 Å². The second-order valence-corrected chi connectivity index (χ2v) is 5.38. The van der Waals surface area contributed by atoms with E-state index in [4.69, 9.17) is 4.74 Å². The summed E-state index contributed by atoms with van der Waals surface area (Å²) in [6.45, 7) is 9.44. The number of allylic oxidation sites excluding steroid dienone is 2. The molecule has 0 fully saturated rings. The van der Waals surface area contributed by atoms with Gasteiger partial charge in [-0.25, -0.2) is 9.82 Å². The fourth-order valence-corrected chi connectivity index (χ4v) is 2.20. The molecule has 1 aromatic carbocycles. The molecule has 0 aliphatic carbocycles. The lowest BCUT2D eigenvalue weighted by Gasteiger charge is -2.09. The fraction of sp³-hybridized carbons (Fsp3) is 0.150. The number of carbonyl (C=O) groups excluding carboxylic acids is 1. The van der Waals surface area contributed by atoms with Gasteiger partial charge in [-0.15, -0.1) is 0 Å². The van der Waals surface area contributed by atoms with Gasteiger partial charge in [0.15, 0.2) is 0 Å². The number of nitrogens with zero attached hydrogens (tertiary/aromatic N) is 2. The third kappa shape index (κ3) is 5.58. The van der Waals surface area contributed by atoms with Crippen molar-refractivity contribution in [2.24, 2.45) is 0 Å². The third-order valence-corrected chi connectivity index (χ3v) is 3.59. The summed E-state index contributed by atoms with van der Waals surface area (Å²) < 4.78 is 18.9. The van der Waals surface area contributed by atoms with Crippen LogP contribution < -0.4 is 15.6 Å². The summed E-state index contributed by atoms with van der Waals surface area (Å²) in [5.41, 5.74) is 7.09. The van der Waals surface area contributed by atoms with Crippen LogP contribution in [0.5, 0.6) is 5.75 Å². The van der Waals surface area contributed by atoms with Crippen LogP contribution in [-0.4, -0.2) is 29.3 Å². The summed E-state index contributed by atoms with van der Waals surface area (Å²) in [6.07, 6.45) is 3.79. The topological polar surface area (TPSA) is 76.1 Å². The lowest BCUT2D eigenvalue weighted by atomic mass is 10.1. The summed E-state index contributed by atoms with van der Waals surface area (Å²) >= 11 is 0. The van der Waals surface area contributed by atoms with Gasteiger partial charge < -0.3 is 4.74 Å². The summed E-state index contributed by atoms with van der Waals surface area (Å²) in [6, 6.07) is 8.95. The Morgan fingerprint density at radius 1 is 1.26 bits per heavy atom. The maximum atomic E-state index is 13.5. The van der Waals surface area contributed by atoms with Gasteiger partial charge in [-0.05, 0) is 43.3 Å². The molecule has 1 aromatic heterocycles. The van der Waals surface area contributed by atoms with Gasteiger partial charge in [0.05, 0.1) is 24.1 Å². The smallest absolute Gasteiger partial charge is 0.267 e. The second kappa shape index (κ2) is 9.98. The highest BCUT2D eigenvalue weighted by atomic mass is 19.1. The first kappa shape index (κ1) is 20.0. The molecule has 0 atom stereocenters. The number of aromatic nitrogens is 2. The predicted octanol–water partition coefficient (Wildman–Crippen LogP) is 3.37. The molecule has 0 radical (unpaired) electrons. The number of amides is 1. The molecule has 2 N–H and O–H groups in total. The number of hydrogen-bond acceptors (Lipinski definition) is 5. The monoisotopic (exact) mass is 368 g/mol. The van der Waals surface area contributed by atoms with E-state index in [1.54, 1.807) is 6.07 Å². The molecule has 0 unspecified atom stereocenters. The highest BCUT2D eigenvalue weighted by Crippen LogP contribution is 2.21. The van der Waals surface area contributed by atoms with Crippen molar-refractivity contribution in [1.29, 1.82) is 0 Å². The fourth-order valence-electron chi connectivity index (χ4n) is 2.20. The van der Waals surface area contributed by atoms with Crippen molar-refractivity contribution < 1.29 is 13.9 Å². The average Bonchev–Trinajstić information content (AvgIpc) is 2.71. The van der Waals surface area contributed by atoms with Gasteiger partial charge in [-0.2, -0.15) is 10.2 Å². The minimum atomic E-state index is -0.505. The van der Waals surface area contributed by atoms with E-state index in [0.29, 0.717) is 17.9 Å². The Morgan fingerprint density at radius 3 is 2.63 bits per heavy atom. The van der Waals surface area contributed by atoms with Gasteiger partial charge in [0.25, 0.3) is 5.91 Å². The molecule has 0 aliphatic rings. The number of nitrogens with one attached hydrogen (secondary N) is 2. The van der Waals surface area contributed by atoms with Crippen LogP contribution in [-0.2, 0) is 0 Å². The SMILES string of the molecule is C=C/C(F)=C(\C=C)CNNC(=O)c1cnnc(-c2ccc(OCC)cc2)c1. The van der Waals surface area contributed by atoms with Crippen molar-refractivity contribution in [1.82, 2.24) is 21.0 Å². The zero-order valence-corrected chi connectivity index (χ0v) is 15.0. The second-order valence-electron chi connectivity index (χ2n) is 5.38. The average molecular weight is 368 g/mol. The van der Waals surface area contributed by atoms with E-state index < -0.39 is 11.7 Å². The Kier molecular flexibility index (Phi) is 7.39. The summed E-state index contributed by atoms with van der Waals surface area (Å²) in [7, 11) is 0. The van der Waals surface area contributed by atoms with E-state index in [2.05, 4.69) is 34.2 Å². The molecule has 0 spiro atoms. The van der Waals surface area contributed by atoms with Crippen molar-refractivity contribution in [2.45, 2.75) is 6.92 Å². The van der Waals surface area contributed by atoms with Crippen molar-refractivity contribution in [3.05, 3.63) is 78.8 Å². The molecule has 27 heavy (non-hydrogen) atoms. The first-order chi connectivity index (χ1) is 13.1. The maximum Gasteiger partial charge on any atom is 0.267 e. The number of hydrazine groups is 1. The predicted molar refractivity (Wildman–Crippen MR) is 103 cm³/mol. The summed E-state index contributed by atoms with van der Waals surface area (Å²) in [5.74, 6) is -0.167. The minimum absolute atomic E-state index is 0.0668. The first-order valence-corrected chi connectivity index (χ1v) is 8.31. The van der Waals surface area contributed by atoms with Crippen LogP contribution in [0, 0.1) is 0 Å². The van der Waals surface area contributed by atoms with Gasteiger partial charge in [0.2, 0.25) is 0 Å². The van der Waals surface area contributed by atoms with E-state index in [1.165, 1.54) is 12.3 Å². The van der Waals surface area contributed by atoms with Gasteiger partial charge in [-0.3, -0.25) is 10.2 Å². The maximum absolute atomic E-state index is 13.5. The Labute approximate surface area is 157 Å². The van der Waals surface area contributed by atoms with Crippen LogP contribution in [0.25, 0.3) is 11.3 Å². The molecule has 1 heterocycles. The Hall–Kier alpha value is -3.32. The van der Waals surface area contributed by atoms with Gasteiger partial charge in [0, 0.05) is 17.7 Å². The molecule has 2 aromatic rings. The molecule has 2 rings (SSSR count). The zero-order valence-electron chi connectivity index (χ0n) is 15.0. The summed E-state index contributed by atoms with van der Waals surface area (Å²) in [5, 5.41) is 7.92. The Balaban J connectivity index is 2.04. The van der Waals surface area contributed by atoms with Crippen molar-refractivity contribution in [3.63, 3.8) is 0 Å². The number of halogens is 1. The molecule has 1 amide bonds. The van der Waals surface area contributed by atoms with Gasteiger partial charge in [0.1, 0.15) is 11.6 Å². The van der Waals surface area contributed by atoms with Gasteiger partial charge in [-0.1, -0.05) is 19.2 Å². The first-order valence-electron chi connectivity index (χ1n) is 8.31. The largest absolute Gasteiger partial charge is 0.494 e. The Bertz CT molecular complexity index is 847. The minimum Gasteiger partial charge on any atom is -0.494 e. The Morgan fingerprint density at radius 2 is 2.00 bits per heavy atom. The van der Waals surface area contributed by atoms with Crippen LogP contribution in [0.1, 0.15) is 17.3 Å². The lowest BCUT2D eigenvalue weighted by Crippen LogP contribution is -2.38. The molecule has 7 heteroatoms. The molecule has 140 valence electrons. The van der Waals surface area contributed by atoms with Crippen molar-refractivity contribution >= 4 is 5.91 Å². The van der Waals surface area contributed by atoms with Crippen molar-refractivity contribution in [2.75, 3.05) is 13.2 Å². The highest BCUT2D eigenvalue weighted by molar-refractivity contribution is 5.94. The number of benzene rings is 1. The molecular formula is C20H21FN4O2. The molecule has 0 saturated heterocycles. The summed E-state index contributed by atoms with van der Waals surface area (Å²) in [4.78, 5) is 12.3. The molecule has 0 bridgehead atoms. The van der Waals surface area contributed by atoms with Crippen LogP contribution >= 0.6 is 0 Å². The quantitative estimate of drug-likeness (QED) is 0.524. The zero-order chi connectivity index (χ0) is 19.6. The number of rotatable bonds is 9. The highest BCUT2D eigenvalue weighted by Gasteiger charge is 2.09. The third-order valence-electron chi connectivity index (χ3n) is 3.59. The van der Waals surface area contributed by atoms with Gasteiger partial charge >= 0.3 is 0 Å². The molecule has 6 nitrogen and oxygen atoms in total. The lowest BCUT2D eigenvalue weighted by molar-refractivity contribution is 0.0934. The standard InChI is InChI=1S/C20H21FN4O2/c1-4-14(18(21)5-2)12-23-25-20(26)16-11-19(24-22-13-16)15-7-9-17(10-8-15)27-6-3/h4-5,7-11,13,23H,1-2,6,12H2,3H3,(H,25,26)/b18-14-. The molecule has 0 aliphatic heterocycles. The number of carbonyl (C=O) groups is 1. The van der Waals surface area contributed by atoms with E-state index in [0.717, 1.165) is 17.4 Å². The number of hydrogen-bond donors (Lipinski definition) is 2. The van der Waals surface area contributed by atoms with Crippen LogP contribution in [0.2, 0.25) is 0 Å².